The van der Waals surface area contributed by atoms with Crippen LogP contribution in [0.15, 0.2) is 10.2 Å². The van der Waals surface area contributed by atoms with Crippen LogP contribution in [0.1, 0.15) is 77.0 Å². The fourth-order valence-electron chi connectivity index (χ4n) is 4.11. The summed E-state index contributed by atoms with van der Waals surface area (Å²) in [6, 6.07) is 1.74. The lowest BCUT2D eigenvalue weighted by atomic mass is 9.88. The zero-order chi connectivity index (χ0) is 14.3. The molecule has 0 aromatic heterocycles. The summed E-state index contributed by atoms with van der Waals surface area (Å²) in [6.07, 6.45) is 16.2. The average molecular weight is 292 g/mol. The van der Waals surface area contributed by atoms with Gasteiger partial charge in [-0.2, -0.15) is 10.2 Å². The highest BCUT2D eigenvalue weighted by atomic mass is 15.2. The van der Waals surface area contributed by atoms with Gasteiger partial charge in [-0.05, 0) is 51.5 Å². The summed E-state index contributed by atoms with van der Waals surface area (Å²) < 4.78 is 0. The standard InChI is InChI=1S/C17H32N4/c1-2-8-14(9-3-1)19-15-10-4-5-11-16(15)20-21-17-12-6-7-13-18-17/h14-19H,1-13H2. The second kappa shape index (κ2) is 8.23. The lowest BCUT2D eigenvalue weighted by Gasteiger charge is -2.34. The van der Waals surface area contributed by atoms with E-state index in [0.717, 1.165) is 19.0 Å². The first-order chi connectivity index (χ1) is 10.4. The maximum Gasteiger partial charge on any atom is 0.120 e. The molecule has 0 bridgehead atoms. The molecule has 1 aliphatic heterocycles. The second-order valence-electron chi connectivity index (χ2n) is 7.16. The largest absolute Gasteiger partial charge is 0.309 e. The van der Waals surface area contributed by atoms with Gasteiger partial charge in [-0.1, -0.05) is 32.1 Å². The van der Waals surface area contributed by atoms with E-state index in [1.165, 1.54) is 70.6 Å². The molecule has 21 heavy (non-hydrogen) atoms. The summed E-state index contributed by atoms with van der Waals surface area (Å²) in [7, 11) is 0. The third-order valence-corrected chi connectivity index (χ3v) is 5.42. The molecule has 3 rings (SSSR count). The number of rotatable bonds is 4. The highest BCUT2D eigenvalue weighted by Gasteiger charge is 2.28. The topological polar surface area (TPSA) is 48.8 Å². The molecular formula is C17H32N4. The second-order valence-corrected chi connectivity index (χ2v) is 7.16. The Labute approximate surface area is 129 Å². The fourth-order valence-corrected chi connectivity index (χ4v) is 4.11. The highest BCUT2D eigenvalue weighted by Crippen LogP contribution is 2.25. The van der Waals surface area contributed by atoms with Crippen molar-refractivity contribution >= 4 is 0 Å². The van der Waals surface area contributed by atoms with Crippen molar-refractivity contribution in [2.45, 2.75) is 101 Å². The fraction of sp³-hybridized carbons (Fsp3) is 1.00. The third-order valence-electron chi connectivity index (χ3n) is 5.42. The van der Waals surface area contributed by atoms with E-state index in [1.54, 1.807) is 0 Å². The molecule has 1 heterocycles. The molecule has 0 aromatic carbocycles. The Morgan fingerprint density at radius 1 is 0.714 bits per heavy atom. The molecule has 2 saturated carbocycles. The Morgan fingerprint density at radius 3 is 2.29 bits per heavy atom. The minimum Gasteiger partial charge on any atom is -0.309 e. The van der Waals surface area contributed by atoms with Gasteiger partial charge in [0.2, 0.25) is 0 Å². The molecular weight excluding hydrogens is 260 g/mol. The first-order valence-corrected chi connectivity index (χ1v) is 9.31. The molecule has 3 unspecified atom stereocenters. The normalized spacial score (nSPS) is 36.1. The Kier molecular flexibility index (Phi) is 6.04. The molecule has 0 radical (unpaired) electrons. The van der Waals surface area contributed by atoms with Crippen LogP contribution in [0.2, 0.25) is 0 Å². The SMILES string of the molecule is C1CCC(NC2CCCCC2N=NC2CCCCN2)CC1. The van der Waals surface area contributed by atoms with Crippen molar-refractivity contribution in [3.8, 4) is 0 Å². The molecule has 3 atom stereocenters. The third kappa shape index (κ3) is 4.75. The van der Waals surface area contributed by atoms with Crippen molar-refractivity contribution in [2.24, 2.45) is 10.2 Å². The predicted octanol–water partition coefficient (Wildman–Crippen LogP) is 3.77. The van der Waals surface area contributed by atoms with Crippen molar-refractivity contribution < 1.29 is 0 Å². The maximum atomic E-state index is 4.75. The molecule has 1 saturated heterocycles. The quantitative estimate of drug-likeness (QED) is 0.775. The van der Waals surface area contributed by atoms with Crippen molar-refractivity contribution in [3.63, 3.8) is 0 Å². The number of azo groups is 1. The molecule has 2 N–H and O–H groups in total. The maximum absolute atomic E-state index is 4.75. The summed E-state index contributed by atoms with van der Waals surface area (Å²) in [6.45, 7) is 1.11. The van der Waals surface area contributed by atoms with E-state index in [-0.39, 0.29) is 6.17 Å². The first-order valence-electron chi connectivity index (χ1n) is 9.31. The van der Waals surface area contributed by atoms with Crippen LogP contribution in [0.5, 0.6) is 0 Å². The Bertz CT molecular complexity index is 319. The molecule has 0 spiro atoms. The molecule has 3 aliphatic rings. The number of piperidine rings is 1. The minimum atomic E-state index is 0.288. The number of nitrogens with zero attached hydrogens (tertiary/aromatic N) is 2. The van der Waals surface area contributed by atoms with Crippen LogP contribution < -0.4 is 10.6 Å². The van der Waals surface area contributed by atoms with Gasteiger partial charge in [-0.25, -0.2) is 0 Å². The zero-order valence-corrected chi connectivity index (χ0v) is 13.4. The van der Waals surface area contributed by atoms with Gasteiger partial charge in [-0.15, -0.1) is 0 Å². The summed E-state index contributed by atoms with van der Waals surface area (Å²) in [5.74, 6) is 0. The predicted molar refractivity (Wildman–Crippen MR) is 86.6 cm³/mol. The van der Waals surface area contributed by atoms with E-state index in [0.29, 0.717) is 12.1 Å². The van der Waals surface area contributed by atoms with Crippen molar-refractivity contribution in [1.82, 2.24) is 10.6 Å². The van der Waals surface area contributed by atoms with Crippen LogP contribution in [-0.4, -0.2) is 30.8 Å². The van der Waals surface area contributed by atoms with Crippen molar-refractivity contribution in [1.29, 1.82) is 0 Å². The summed E-state index contributed by atoms with van der Waals surface area (Å²) in [4.78, 5) is 0. The van der Waals surface area contributed by atoms with Gasteiger partial charge in [0.25, 0.3) is 0 Å². The number of hydrogen-bond donors (Lipinski definition) is 2. The number of nitrogens with one attached hydrogen (secondary N) is 2. The molecule has 2 aliphatic carbocycles. The van der Waals surface area contributed by atoms with E-state index in [9.17, 15) is 0 Å². The molecule has 120 valence electrons. The smallest absolute Gasteiger partial charge is 0.120 e. The molecule has 4 nitrogen and oxygen atoms in total. The van der Waals surface area contributed by atoms with Gasteiger partial charge in [0.1, 0.15) is 6.17 Å². The summed E-state index contributed by atoms with van der Waals surface area (Å²) in [5, 5.41) is 16.8. The Hall–Kier alpha value is -0.480. The van der Waals surface area contributed by atoms with E-state index >= 15 is 0 Å². The lowest BCUT2D eigenvalue weighted by Crippen LogP contribution is -2.47. The van der Waals surface area contributed by atoms with Gasteiger partial charge in [0.05, 0.1) is 6.04 Å². The van der Waals surface area contributed by atoms with Gasteiger partial charge in [-0.3, -0.25) is 5.32 Å². The number of hydrogen-bond acceptors (Lipinski definition) is 4. The van der Waals surface area contributed by atoms with Crippen LogP contribution in [0.25, 0.3) is 0 Å². The van der Waals surface area contributed by atoms with Crippen LogP contribution in [0.4, 0.5) is 0 Å². The van der Waals surface area contributed by atoms with Gasteiger partial charge < -0.3 is 5.32 Å². The van der Waals surface area contributed by atoms with Crippen LogP contribution in [0.3, 0.4) is 0 Å². The molecule has 0 aromatic rings. The monoisotopic (exact) mass is 292 g/mol. The summed E-state index contributed by atoms with van der Waals surface area (Å²) in [5.41, 5.74) is 0. The van der Waals surface area contributed by atoms with Crippen molar-refractivity contribution in [2.75, 3.05) is 6.54 Å². The van der Waals surface area contributed by atoms with Gasteiger partial charge >= 0.3 is 0 Å². The zero-order valence-electron chi connectivity index (χ0n) is 13.4. The highest BCUT2D eigenvalue weighted by molar-refractivity contribution is 4.89. The van der Waals surface area contributed by atoms with E-state index in [1.807, 2.05) is 0 Å². The first kappa shape index (κ1) is 15.4. The average Bonchev–Trinajstić information content (AvgIpc) is 2.56. The van der Waals surface area contributed by atoms with Crippen LogP contribution >= 0.6 is 0 Å². The lowest BCUT2D eigenvalue weighted by molar-refractivity contribution is 0.259. The molecule has 4 heteroatoms. The van der Waals surface area contributed by atoms with Crippen LogP contribution in [-0.2, 0) is 0 Å². The minimum absolute atomic E-state index is 0.288. The van der Waals surface area contributed by atoms with Crippen molar-refractivity contribution in [3.05, 3.63) is 0 Å². The van der Waals surface area contributed by atoms with E-state index in [4.69, 9.17) is 5.11 Å². The van der Waals surface area contributed by atoms with Gasteiger partial charge in [0.15, 0.2) is 0 Å². The van der Waals surface area contributed by atoms with Crippen LogP contribution in [0, 0.1) is 0 Å². The van der Waals surface area contributed by atoms with Gasteiger partial charge in [0, 0.05) is 12.1 Å². The molecule has 0 amide bonds. The van der Waals surface area contributed by atoms with E-state index in [2.05, 4.69) is 15.7 Å². The van der Waals surface area contributed by atoms with E-state index < -0.39 is 0 Å². The molecule has 3 fully saturated rings. The summed E-state index contributed by atoms with van der Waals surface area (Å²) >= 11 is 0. The Balaban J connectivity index is 1.51. The Morgan fingerprint density at radius 2 is 1.48 bits per heavy atom.